The number of hydrogen-bond acceptors (Lipinski definition) is 3. The van der Waals surface area contributed by atoms with Crippen LogP contribution >= 0.6 is 0 Å². The Balaban J connectivity index is 2.20. The molecule has 0 aliphatic heterocycles. The maximum atomic E-state index is 10.3. The number of nitrogens with zero attached hydrogens (tertiary/aromatic N) is 2. The first kappa shape index (κ1) is 11.6. The summed E-state index contributed by atoms with van der Waals surface area (Å²) in [6, 6.07) is 0. The van der Waals surface area contributed by atoms with Crippen molar-refractivity contribution in [2.45, 2.75) is 26.2 Å². The Bertz CT molecular complexity index is 333. The number of carboxylic acids is 1. The molecule has 1 heterocycles. The fourth-order valence-electron chi connectivity index (χ4n) is 1.40. The molecule has 0 aromatic carbocycles. The number of aryl methyl sites for hydroxylation is 2. The summed E-state index contributed by atoms with van der Waals surface area (Å²) in [5.74, 6) is -0.729. The molecule has 0 amide bonds. The van der Waals surface area contributed by atoms with Crippen molar-refractivity contribution in [2.75, 3.05) is 11.9 Å². The molecule has 0 saturated heterocycles. The van der Waals surface area contributed by atoms with E-state index in [0.717, 1.165) is 24.3 Å². The Morgan fingerprint density at radius 1 is 1.60 bits per heavy atom. The SMILES string of the molecule is Cc1nn(C)cc1NCCCCC(=O)O. The summed E-state index contributed by atoms with van der Waals surface area (Å²) in [5.41, 5.74) is 1.99. The molecule has 5 nitrogen and oxygen atoms in total. The van der Waals surface area contributed by atoms with Gasteiger partial charge >= 0.3 is 5.97 Å². The molecule has 0 saturated carbocycles. The van der Waals surface area contributed by atoms with Crippen LogP contribution in [0.5, 0.6) is 0 Å². The Labute approximate surface area is 89.1 Å². The van der Waals surface area contributed by atoms with Crippen LogP contribution in [0.3, 0.4) is 0 Å². The molecule has 0 aliphatic rings. The molecular weight excluding hydrogens is 194 g/mol. The van der Waals surface area contributed by atoms with Gasteiger partial charge in [0.25, 0.3) is 0 Å². The molecule has 5 heteroatoms. The Morgan fingerprint density at radius 2 is 2.33 bits per heavy atom. The second-order valence-electron chi connectivity index (χ2n) is 3.58. The summed E-state index contributed by atoms with van der Waals surface area (Å²) >= 11 is 0. The maximum absolute atomic E-state index is 10.3. The molecule has 84 valence electrons. The number of rotatable bonds is 6. The number of anilines is 1. The van der Waals surface area contributed by atoms with Crippen LogP contribution in [0.15, 0.2) is 6.20 Å². The lowest BCUT2D eigenvalue weighted by Crippen LogP contribution is -2.03. The first-order valence-electron chi connectivity index (χ1n) is 5.05. The van der Waals surface area contributed by atoms with Gasteiger partial charge in [-0.3, -0.25) is 9.48 Å². The number of nitrogens with one attached hydrogen (secondary N) is 1. The van der Waals surface area contributed by atoms with E-state index in [9.17, 15) is 4.79 Å². The summed E-state index contributed by atoms with van der Waals surface area (Å²) in [4.78, 5) is 10.3. The highest BCUT2D eigenvalue weighted by Gasteiger charge is 2.01. The van der Waals surface area contributed by atoms with E-state index in [1.54, 1.807) is 4.68 Å². The second-order valence-corrected chi connectivity index (χ2v) is 3.58. The van der Waals surface area contributed by atoms with E-state index in [2.05, 4.69) is 10.4 Å². The largest absolute Gasteiger partial charge is 0.481 e. The van der Waals surface area contributed by atoms with Gasteiger partial charge in [-0.15, -0.1) is 0 Å². The fourth-order valence-corrected chi connectivity index (χ4v) is 1.40. The van der Waals surface area contributed by atoms with Crippen molar-refractivity contribution in [2.24, 2.45) is 7.05 Å². The predicted octanol–water partition coefficient (Wildman–Crippen LogP) is 1.40. The zero-order chi connectivity index (χ0) is 11.3. The molecule has 2 N–H and O–H groups in total. The van der Waals surface area contributed by atoms with Crippen LogP contribution in [0.4, 0.5) is 5.69 Å². The molecule has 0 spiro atoms. The van der Waals surface area contributed by atoms with Crippen LogP contribution < -0.4 is 5.32 Å². The summed E-state index contributed by atoms with van der Waals surface area (Å²) < 4.78 is 1.76. The average Bonchev–Trinajstić information content (AvgIpc) is 2.44. The van der Waals surface area contributed by atoms with E-state index in [-0.39, 0.29) is 6.42 Å². The van der Waals surface area contributed by atoms with Crippen LogP contribution in [0.1, 0.15) is 25.0 Å². The quantitative estimate of drug-likeness (QED) is 0.698. The monoisotopic (exact) mass is 211 g/mol. The van der Waals surface area contributed by atoms with E-state index >= 15 is 0 Å². The maximum Gasteiger partial charge on any atom is 0.303 e. The minimum absolute atomic E-state index is 0.244. The van der Waals surface area contributed by atoms with Crippen molar-refractivity contribution in [3.8, 4) is 0 Å². The molecule has 1 aromatic heterocycles. The molecule has 0 fully saturated rings. The van der Waals surface area contributed by atoms with Gasteiger partial charge in [-0.25, -0.2) is 0 Å². The van der Waals surface area contributed by atoms with Gasteiger partial charge in [-0.2, -0.15) is 5.10 Å². The summed E-state index contributed by atoms with van der Waals surface area (Å²) in [7, 11) is 1.88. The van der Waals surface area contributed by atoms with Gasteiger partial charge in [-0.05, 0) is 19.8 Å². The van der Waals surface area contributed by atoms with E-state index in [0.29, 0.717) is 6.42 Å². The van der Waals surface area contributed by atoms with Crippen molar-refractivity contribution >= 4 is 11.7 Å². The van der Waals surface area contributed by atoms with Gasteiger partial charge in [0.1, 0.15) is 0 Å². The van der Waals surface area contributed by atoms with Crippen LogP contribution in [0, 0.1) is 6.92 Å². The Morgan fingerprint density at radius 3 is 2.87 bits per heavy atom. The zero-order valence-corrected chi connectivity index (χ0v) is 9.16. The van der Waals surface area contributed by atoms with E-state index in [1.807, 2.05) is 20.2 Å². The zero-order valence-electron chi connectivity index (χ0n) is 9.16. The van der Waals surface area contributed by atoms with Crippen LogP contribution in [0.25, 0.3) is 0 Å². The topological polar surface area (TPSA) is 67.2 Å². The van der Waals surface area contributed by atoms with Gasteiger partial charge in [0.05, 0.1) is 11.4 Å². The molecular formula is C10H17N3O2. The van der Waals surface area contributed by atoms with Crippen LogP contribution in [-0.2, 0) is 11.8 Å². The standard InChI is InChI=1S/C10H17N3O2/c1-8-9(7-13(2)12-8)11-6-4-3-5-10(14)15/h7,11H,3-6H2,1-2H3,(H,14,15). The lowest BCUT2D eigenvalue weighted by atomic mass is 10.2. The normalized spacial score (nSPS) is 10.3. The van der Waals surface area contributed by atoms with E-state index in [1.165, 1.54) is 0 Å². The number of carbonyl (C=O) groups is 1. The highest BCUT2D eigenvalue weighted by atomic mass is 16.4. The molecule has 0 atom stereocenters. The summed E-state index contributed by atoms with van der Waals surface area (Å²) in [6.07, 6.45) is 3.74. The molecule has 0 aliphatic carbocycles. The highest BCUT2D eigenvalue weighted by Crippen LogP contribution is 2.11. The van der Waals surface area contributed by atoms with Crippen molar-refractivity contribution in [1.29, 1.82) is 0 Å². The van der Waals surface area contributed by atoms with Gasteiger partial charge in [0, 0.05) is 26.2 Å². The smallest absolute Gasteiger partial charge is 0.303 e. The third kappa shape index (κ3) is 4.01. The van der Waals surface area contributed by atoms with Gasteiger partial charge in [-0.1, -0.05) is 0 Å². The van der Waals surface area contributed by atoms with Crippen molar-refractivity contribution in [3.63, 3.8) is 0 Å². The van der Waals surface area contributed by atoms with Gasteiger partial charge in [0.15, 0.2) is 0 Å². The minimum Gasteiger partial charge on any atom is -0.481 e. The Kier molecular flexibility index (Phi) is 4.15. The van der Waals surface area contributed by atoms with E-state index < -0.39 is 5.97 Å². The first-order valence-corrected chi connectivity index (χ1v) is 5.05. The molecule has 15 heavy (non-hydrogen) atoms. The Hall–Kier alpha value is -1.52. The fraction of sp³-hybridized carbons (Fsp3) is 0.600. The summed E-state index contributed by atoms with van der Waals surface area (Å²) in [6.45, 7) is 2.74. The van der Waals surface area contributed by atoms with Gasteiger partial charge < -0.3 is 10.4 Å². The number of aromatic nitrogens is 2. The molecule has 0 radical (unpaired) electrons. The third-order valence-corrected chi connectivity index (χ3v) is 2.15. The molecule has 0 bridgehead atoms. The number of unbranched alkanes of at least 4 members (excludes halogenated alkanes) is 1. The second kappa shape index (κ2) is 5.38. The lowest BCUT2D eigenvalue weighted by molar-refractivity contribution is -0.137. The van der Waals surface area contributed by atoms with E-state index in [4.69, 9.17) is 5.11 Å². The first-order chi connectivity index (χ1) is 7.09. The average molecular weight is 211 g/mol. The number of carboxylic acid groups (broad SMARTS) is 1. The third-order valence-electron chi connectivity index (χ3n) is 2.15. The van der Waals surface area contributed by atoms with Crippen LogP contribution in [0.2, 0.25) is 0 Å². The summed E-state index contributed by atoms with van der Waals surface area (Å²) in [5, 5.41) is 15.9. The van der Waals surface area contributed by atoms with Crippen molar-refractivity contribution < 1.29 is 9.90 Å². The van der Waals surface area contributed by atoms with Crippen molar-refractivity contribution in [3.05, 3.63) is 11.9 Å². The predicted molar refractivity (Wildman–Crippen MR) is 57.9 cm³/mol. The van der Waals surface area contributed by atoms with Gasteiger partial charge in [0.2, 0.25) is 0 Å². The lowest BCUT2D eigenvalue weighted by Gasteiger charge is -2.03. The number of hydrogen-bond donors (Lipinski definition) is 2. The molecule has 0 unspecified atom stereocenters. The van der Waals surface area contributed by atoms with Crippen LogP contribution in [-0.4, -0.2) is 27.4 Å². The van der Waals surface area contributed by atoms with Crippen molar-refractivity contribution in [1.82, 2.24) is 9.78 Å². The molecule has 1 rings (SSSR count). The number of aliphatic carboxylic acids is 1. The minimum atomic E-state index is -0.729. The molecule has 1 aromatic rings. The highest BCUT2D eigenvalue weighted by molar-refractivity contribution is 5.66.